The summed E-state index contributed by atoms with van der Waals surface area (Å²) in [7, 11) is 0. The molecule has 0 saturated carbocycles. The van der Waals surface area contributed by atoms with E-state index >= 15 is 0 Å². The molecule has 4 rings (SSSR count). The van der Waals surface area contributed by atoms with Gasteiger partial charge in [-0.15, -0.1) is 0 Å². The molecule has 2 heterocycles. The van der Waals surface area contributed by atoms with Gasteiger partial charge in [-0.1, -0.05) is 38.1 Å². The highest BCUT2D eigenvalue weighted by Crippen LogP contribution is 2.33. The van der Waals surface area contributed by atoms with Gasteiger partial charge in [-0.25, -0.2) is 9.50 Å². The lowest BCUT2D eigenvalue weighted by Gasteiger charge is -2.22. The largest absolute Gasteiger partial charge is 0.433 e. The molecule has 1 amide bonds. The first-order valence-corrected chi connectivity index (χ1v) is 11.8. The van der Waals surface area contributed by atoms with E-state index in [9.17, 15) is 38.3 Å². The maximum atomic E-state index is 13.9. The Kier molecular flexibility index (Phi) is 7.65. The van der Waals surface area contributed by atoms with Gasteiger partial charge in [0.15, 0.2) is 11.3 Å². The summed E-state index contributed by atoms with van der Waals surface area (Å²) < 4.78 is 42.3. The van der Waals surface area contributed by atoms with Gasteiger partial charge < -0.3 is 15.5 Å². The Balaban J connectivity index is 1.69. The number of aromatic nitrogens is 3. The number of nitrogens with zero attached hydrogens (tertiary/aromatic N) is 4. The van der Waals surface area contributed by atoms with Crippen molar-refractivity contribution in [1.82, 2.24) is 19.9 Å². The number of hydrogen-bond acceptors (Lipinski definition) is 7. The first-order chi connectivity index (χ1) is 18.4. The third-order valence-corrected chi connectivity index (χ3v) is 6.22. The third kappa shape index (κ3) is 5.73. The summed E-state index contributed by atoms with van der Waals surface area (Å²) in [6.45, 7) is 3.23. The van der Waals surface area contributed by atoms with Crippen molar-refractivity contribution in [2.75, 3.05) is 6.61 Å². The molecule has 0 radical (unpaired) electrons. The SMILES string of the molecule is CC(C)c1ccc(-c2cc(C(F)(F)F)n3ncc(C(=O)NC(CO)C(O)c4ccc([N+](=O)[O-])cc4)c3n2)cc1. The lowest BCUT2D eigenvalue weighted by atomic mass is 10.0. The molecule has 0 spiro atoms. The molecule has 2 aromatic heterocycles. The number of carbonyl (C=O) groups excluding carboxylic acids is 1. The summed E-state index contributed by atoms with van der Waals surface area (Å²) >= 11 is 0. The van der Waals surface area contributed by atoms with Crippen molar-refractivity contribution in [1.29, 1.82) is 0 Å². The Hall–Kier alpha value is -4.36. The number of benzene rings is 2. The number of nitro benzene ring substituents is 1. The molecule has 13 heteroatoms. The average molecular weight is 544 g/mol. The quantitative estimate of drug-likeness (QED) is 0.222. The van der Waals surface area contributed by atoms with Gasteiger partial charge in [-0.05, 0) is 35.2 Å². The Bertz CT molecular complexity index is 1500. The number of alkyl halides is 3. The molecule has 39 heavy (non-hydrogen) atoms. The fourth-order valence-corrected chi connectivity index (χ4v) is 4.01. The molecule has 3 N–H and O–H groups in total. The van der Waals surface area contributed by atoms with Crippen LogP contribution in [0.3, 0.4) is 0 Å². The molecule has 2 unspecified atom stereocenters. The second kappa shape index (κ2) is 10.8. The van der Waals surface area contributed by atoms with Crippen LogP contribution in [0, 0.1) is 10.1 Å². The van der Waals surface area contributed by atoms with E-state index < -0.39 is 41.5 Å². The Morgan fingerprint density at radius 2 is 1.72 bits per heavy atom. The first kappa shape index (κ1) is 27.7. The van der Waals surface area contributed by atoms with Crippen LogP contribution in [0.15, 0.2) is 60.8 Å². The highest BCUT2D eigenvalue weighted by Gasteiger charge is 2.36. The number of nitrogens with one attached hydrogen (secondary N) is 1. The Morgan fingerprint density at radius 1 is 1.10 bits per heavy atom. The van der Waals surface area contributed by atoms with Crippen LogP contribution < -0.4 is 5.32 Å². The van der Waals surface area contributed by atoms with Crippen molar-refractivity contribution < 1.29 is 33.1 Å². The Morgan fingerprint density at radius 3 is 2.26 bits per heavy atom. The Labute approximate surface area is 219 Å². The monoisotopic (exact) mass is 543 g/mol. The third-order valence-electron chi connectivity index (χ3n) is 6.22. The predicted octanol–water partition coefficient (Wildman–Crippen LogP) is 4.27. The number of nitro groups is 1. The van der Waals surface area contributed by atoms with E-state index in [1.807, 2.05) is 13.8 Å². The fourth-order valence-electron chi connectivity index (χ4n) is 4.01. The zero-order chi connectivity index (χ0) is 28.5. The number of carbonyl (C=O) groups is 1. The zero-order valence-electron chi connectivity index (χ0n) is 20.8. The second-order valence-corrected chi connectivity index (χ2v) is 9.15. The summed E-state index contributed by atoms with van der Waals surface area (Å²) in [6.07, 6.45) is -5.37. The summed E-state index contributed by atoms with van der Waals surface area (Å²) in [6, 6.07) is 11.3. The van der Waals surface area contributed by atoms with Gasteiger partial charge in [0.2, 0.25) is 0 Å². The molecule has 0 fully saturated rings. The molecular formula is C26H24F3N5O5. The molecular weight excluding hydrogens is 519 g/mol. The normalized spacial score (nSPS) is 13.4. The minimum Gasteiger partial charge on any atom is -0.394 e. The number of hydrogen-bond donors (Lipinski definition) is 3. The van der Waals surface area contributed by atoms with E-state index in [0.29, 0.717) is 10.1 Å². The number of rotatable bonds is 8. The summed E-state index contributed by atoms with van der Waals surface area (Å²) in [5.41, 5.74) is -0.498. The number of amides is 1. The van der Waals surface area contributed by atoms with E-state index in [1.165, 1.54) is 12.1 Å². The molecule has 0 bridgehead atoms. The molecule has 4 aromatic rings. The van der Waals surface area contributed by atoms with Gasteiger partial charge in [0.1, 0.15) is 11.7 Å². The number of fused-ring (bicyclic) bond motifs is 1. The van der Waals surface area contributed by atoms with Crippen molar-refractivity contribution >= 4 is 17.2 Å². The number of non-ortho nitro benzene ring substituents is 1. The van der Waals surface area contributed by atoms with E-state index in [1.54, 1.807) is 24.3 Å². The van der Waals surface area contributed by atoms with Crippen molar-refractivity contribution in [3.8, 4) is 11.3 Å². The summed E-state index contributed by atoms with van der Waals surface area (Å²) in [4.78, 5) is 27.6. The van der Waals surface area contributed by atoms with E-state index in [-0.39, 0.29) is 34.1 Å². The average Bonchev–Trinajstić information content (AvgIpc) is 3.34. The highest BCUT2D eigenvalue weighted by atomic mass is 19.4. The number of aliphatic hydroxyl groups is 2. The standard InChI is InChI=1S/C26H24F3N5O5/c1-14(2)15-3-5-16(6-4-15)20-11-22(26(27,28)29)33-24(31-20)19(12-30-33)25(37)32-21(13-35)23(36)17-7-9-18(10-8-17)34(38)39/h3-12,14,21,23,35-36H,13H2,1-2H3,(H,32,37). The van der Waals surface area contributed by atoms with Gasteiger partial charge in [-0.2, -0.15) is 18.3 Å². The van der Waals surface area contributed by atoms with Gasteiger partial charge in [0, 0.05) is 17.7 Å². The van der Waals surface area contributed by atoms with Crippen LogP contribution in [0.25, 0.3) is 16.9 Å². The molecule has 0 aliphatic rings. The van der Waals surface area contributed by atoms with E-state index in [4.69, 9.17) is 0 Å². The van der Waals surface area contributed by atoms with Gasteiger partial charge in [0.25, 0.3) is 11.6 Å². The minimum absolute atomic E-state index is 0.0238. The molecule has 10 nitrogen and oxygen atoms in total. The molecule has 204 valence electrons. The lowest BCUT2D eigenvalue weighted by Crippen LogP contribution is -2.42. The van der Waals surface area contributed by atoms with Gasteiger partial charge in [-0.3, -0.25) is 14.9 Å². The summed E-state index contributed by atoms with van der Waals surface area (Å²) in [5, 5.41) is 37.4. The number of halogens is 3. The minimum atomic E-state index is -4.81. The van der Waals surface area contributed by atoms with Crippen LogP contribution in [0.2, 0.25) is 0 Å². The van der Waals surface area contributed by atoms with Crippen molar-refractivity contribution in [3.63, 3.8) is 0 Å². The molecule has 2 aromatic carbocycles. The van der Waals surface area contributed by atoms with Crippen LogP contribution in [0.4, 0.5) is 18.9 Å². The molecule has 0 aliphatic heterocycles. The van der Waals surface area contributed by atoms with Gasteiger partial charge in [0.05, 0.1) is 29.5 Å². The topological polar surface area (TPSA) is 143 Å². The van der Waals surface area contributed by atoms with Crippen molar-refractivity contribution in [3.05, 3.63) is 93.3 Å². The molecule has 2 atom stereocenters. The van der Waals surface area contributed by atoms with Crippen LogP contribution in [-0.4, -0.2) is 48.3 Å². The molecule has 0 aliphatic carbocycles. The zero-order valence-corrected chi connectivity index (χ0v) is 20.8. The van der Waals surface area contributed by atoms with Crippen LogP contribution >= 0.6 is 0 Å². The highest BCUT2D eigenvalue weighted by molar-refractivity contribution is 6.00. The lowest BCUT2D eigenvalue weighted by molar-refractivity contribution is -0.384. The van der Waals surface area contributed by atoms with Crippen molar-refractivity contribution in [2.45, 2.75) is 38.1 Å². The van der Waals surface area contributed by atoms with Crippen molar-refractivity contribution in [2.24, 2.45) is 0 Å². The van der Waals surface area contributed by atoms with E-state index in [0.717, 1.165) is 30.0 Å². The van der Waals surface area contributed by atoms with Crippen LogP contribution in [-0.2, 0) is 6.18 Å². The first-order valence-electron chi connectivity index (χ1n) is 11.8. The number of aliphatic hydroxyl groups excluding tert-OH is 2. The van der Waals surface area contributed by atoms with Crippen LogP contribution in [0.1, 0.15) is 53.0 Å². The van der Waals surface area contributed by atoms with Gasteiger partial charge >= 0.3 is 6.18 Å². The second-order valence-electron chi connectivity index (χ2n) is 9.15. The maximum Gasteiger partial charge on any atom is 0.433 e. The molecule has 0 saturated heterocycles. The predicted molar refractivity (Wildman–Crippen MR) is 134 cm³/mol. The summed E-state index contributed by atoms with van der Waals surface area (Å²) in [5.74, 6) is -0.718. The van der Waals surface area contributed by atoms with Crippen LogP contribution in [0.5, 0.6) is 0 Å². The van der Waals surface area contributed by atoms with E-state index in [2.05, 4.69) is 15.4 Å². The smallest absolute Gasteiger partial charge is 0.394 e. The fraction of sp³-hybridized carbons (Fsp3) is 0.269. The maximum absolute atomic E-state index is 13.9.